The van der Waals surface area contributed by atoms with E-state index in [4.69, 9.17) is 11.6 Å². The van der Waals surface area contributed by atoms with E-state index >= 15 is 0 Å². The van der Waals surface area contributed by atoms with Gasteiger partial charge in [-0.15, -0.1) is 11.3 Å². The van der Waals surface area contributed by atoms with Gasteiger partial charge in [-0.25, -0.2) is 0 Å². The van der Waals surface area contributed by atoms with Crippen LogP contribution in [0.25, 0.3) is 0 Å². The van der Waals surface area contributed by atoms with E-state index in [1.807, 2.05) is 29.6 Å². The Balaban J connectivity index is 1.37. The van der Waals surface area contributed by atoms with Gasteiger partial charge in [-0.1, -0.05) is 23.7 Å². The van der Waals surface area contributed by atoms with Crippen molar-refractivity contribution in [2.75, 3.05) is 31.1 Å². The number of nitrogens with zero attached hydrogens (tertiary/aromatic N) is 1. The molecular formula is C20H24ClN3O2S. The van der Waals surface area contributed by atoms with Crippen molar-refractivity contribution < 1.29 is 9.59 Å². The smallest absolute Gasteiger partial charge is 0.261 e. The zero-order chi connectivity index (χ0) is 19.2. The van der Waals surface area contributed by atoms with Crippen LogP contribution in [-0.4, -0.2) is 38.0 Å². The van der Waals surface area contributed by atoms with Crippen LogP contribution in [0.5, 0.6) is 0 Å². The van der Waals surface area contributed by atoms with Gasteiger partial charge in [0.25, 0.3) is 5.91 Å². The van der Waals surface area contributed by atoms with E-state index < -0.39 is 0 Å². The van der Waals surface area contributed by atoms with Gasteiger partial charge in [-0.3, -0.25) is 9.59 Å². The molecule has 0 saturated carbocycles. The maximum absolute atomic E-state index is 12.0. The Morgan fingerprint density at radius 1 is 1.30 bits per heavy atom. The Hall–Kier alpha value is -2.05. The molecule has 1 aliphatic heterocycles. The molecular weight excluding hydrogens is 382 g/mol. The Morgan fingerprint density at radius 2 is 2.15 bits per heavy atom. The number of halogens is 1. The third-order valence-electron chi connectivity index (χ3n) is 4.77. The Bertz CT molecular complexity index is 795. The van der Waals surface area contributed by atoms with E-state index in [1.54, 1.807) is 6.07 Å². The quantitative estimate of drug-likeness (QED) is 0.741. The van der Waals surface area contributed by atoms with Crippen molar-refractivity contribution in [1.82, 2.24) is 10.6 Å². The SMILES string of the molecule is Cc1ccc(Cl)cc1N1CCC(CNC(=O)CCNC(=O)c2cccs2)C1. The molecule has 1 aromatic heterocycles. The predicted molar refractivity (Wildman–Crippen MR) is 111 cm³/mol. The summed E-state index contributed by atoms with van der Waals surface area (Å²) in [5, 5.41) is 8.37. The zero-order valence-corrected chi connectivity index (χ0v) is 16.9. The summed E-state index contributed by atoms with van der Waals surface area (Å²) in [5.74, 6) is 0.271. The van der Waals surface area contributed by atoms with Crippen LogP contribution >= 0.6 is 22.9 Å². The normalized spacial score (nSPS) is 16.4. The molecule has 0 bridgehead atoms. The van der Waals surface area contributed by atoms with Crippen LogP contribution in [0.15, 0.2) is 35.7 Å². The summed E-state index contributed by atoms with van der Waals surface area (Å²) in [6.07, 6.45) is 1.34. The number of benzene rings is 1. The van der Waals surface area contributed by atoms with Gasteiger partial charge in [-0.2, -0.15) is 0 Å². The average Bonchev–Trinajstić information content (AvgIpc) is 3.34. The monoisotopic (exact) mass is 405 g/mol. The molecule has 0 spiro atoms. The Kier molecular flexibility index (Phi) is 6.74. The molecule has 7 heteroatoms. The molecule has 1 fully saturated rings. The number of carbonyl (C=O) groups excluding carboxylic acids is 2. The second kappa shape index (κ2) is 9.24. The number of hydrogen-bond acceptors (Lipinski definition) is 4. The van der Waals surface area contributed by atoms with Crippen molar-refractivity contribution in [3.8, 4) is 0 Å². The predicted octanol–water partition coefficient (Wildman–Crippen LogP) is 3.47. The minimum absolute atomic E-state index is 0.0288. The first-order valence-corrected chi connectivity index (χ1v) is 10.4. The summed E-state index contributed by atoms with van der Waals surface area (Å²) in [6, 6.07) is 9.56. The lowest BCUT2D eigenvalue weighted by atomic mass is 10.1. The standard InChI is InChI=1S/C20H24ClN3O2S/c1-14-4-5-16(21)11-17(14)24-9-7-15(13-24)12-23-19(25)6-8-22-20(26)18-3-2-10-27-18/h2-5,10-11,15H,6-9,12-13H2,1H3,(H,22,26)(H,23,25). The van der Waals surface area contributed by atoms with Crippen LogP contribution in [0, 0.1) is 12.8 Å². The van der Waals surface area contributed by atoms with Gasteiger partial charge in [0.2, 0.25) is 5.91 Å². The number of hydrogen-bond donors (Lipinski definition) is 2. The Labute approximate surface area is 168 Å². The lowest BCUT2D eigenvalue weighted by Crippen LogP contribution is -2.34. The van der Waals surface area contributed by atoms with Crippen LogP contribution in [-0.2, 0) is 4.79 Å². The number of nitrogens with one attached hydrogen (secondary N) is 2. The summed E-state index contributed by atoms with van der Waals surface area (Å²) in [6.45, 7) is 4.98. The first-order valence-electron chi connectivity index (χ1n) is 9.12. The lowest BCUT2D eigenvalue weighted by molar-refractivity contribution is -0.121. The molecule has 2 heterocycles. The summed E-state index contributed by atoms with van der Waals surface area (Å²) in [7, 11) is 0. The maximum atomic E-state index is 12.0. The van der Waals surface area contributed by atoms with E-state index in [0.29, 0.717) is 30.3 Å². The second-order valence-electron chi connectivity index (χ2n) is 6.82. The molecule has 3 rings (SSSR count). The molecule has 27 heavy (non-hydrogen) atoms. The van der Waals surface area contributed by atoms with E-state index in [0.717, 1.165) is 24.5 Å². The third kappa shape index (κ3) is 5.47. The highest BCUT2D eigenvalue weighted by molar-refractivity contribution is 7.12. The Morgan fingerprint density at radius 3 is 2.93 bits per heavy atom. The minimum Gasteiger partial charge on any atom is -0.371 e. The molecule has 2 aromatic rings. The second-order valence-corrected chi connectivity index (χ2v) is 8.20. The van der Waals surface area contributed by atoms with Gasteiger partial charge < -0.3 is 15.5 Å². The summed E-state index contributed by atoms with van der Waals surface area (Å²) < 4.78 is 0. The fourth-order valence-corrected chi connectivity index (χ4v) is 4.08. The van der Waals surface area contributed by atoms with Crippen LogP contribution in [0.3, 0.4) is 0 Å². The third-order valence-corrected chi connectivity index (χ3v) is 5.87. The topological polar surface area (TPSA) is 61.4 Å². The van der Waals surface area contributed by atoms with Gasteiger partial charge in [0.05, 0.1) is 4.88 Å². The van der Waals surface area contributed by atoms with Crippen molar-refractivity contribution in [3.05, 3.63) is 51.2 Å². The molecule has 0 aliphatic carbocycles. The highest BCUT2D eigenvalue weighted by Gasteiger charge is 2.24. The van der Waals surface area contributed by atoms with Gasteiger partial charge in [0.1, 0.15) is 0 Å². The van der Waals surface area contributed by atoms with Crippen LogP contribution in [0.2, 0.25) is 5.02 Å². The molecule has 5 nitrogen and oxygen atoms in total. The average molecular weight is 406 g/mol. The summed E-state index contributed by atoms with van der Waals surface area (Å²) in [4.78, 5) is 26.9. The van der Waals surface area contributed by atoms with Gasteiger partial charge >= 0.3 is 0 Å². The van der Waals surface area contributed by atoms with Gasteiger partial charge in [-0.05, 0) is 48.4 Å². The minimum atomic E-state index is -0.124. The van der Waals surface area contributed by atoms with Crippen molar-refractivity contribution in [3.63, 3.8) is 0 Å². The van der Waals surface area contributed by atoms with Crippen molar-refractivity contribution >= 4 is 40.4 Å². The largest absolute Gasteiger partial charge is 0.371 e. The van der Waals surface area contributed by atoms with E-state index in [1.165, 1.54) is 22.6 Å². The molecule has 1 saturated heterocycles. The number of carbonyl (C=O) groups is 2. The van der Waals surface area contributed by atoms with E-state index in [2.05, 4.69) is 22.5 Å². The molecule has 144 valence electrons. The number of aryl methyl sites for hydroxylation is 1. The lowest BCUT2D eigenvalue weighted by Gasteiger charge is -2.21. The van der Waals surface area contributed by atoms with Gasteiger partial charge in [0.15, 0.2) is 0 Å². The molecule has 1 aromatic carbocycles. The van der Waals surface area contributed by atoms with Crippen LogP contribution in [0.4, 0.5) is 5.69 Å². The number of amides is 2. The van der Waals surface area contributed by atoms with Crippen LogP contribution < -0.4 is 15.5 Å². The van der Waals surface area contributed by atoms with E-state index in [-0.39, 0.29) is 11.8 Å². The highest BCUT2D eigenvalue weighted by atomic mass is 35.5. The van der Waals surface area contributed by atoms with Crippen molar-refractivity contribution in [1.29, 1.82) is 0 Å². The van der Waals surface area contributed by atoms with Crippen molar-refractivity contribution in [2.45, 2.75) is 19.8 Å². The molecule has 2 N–H and O–H groups in total. The zero-order valence-electron chi connectivity index (χ0n) is 15.3. The first kappa shape index (κ1) is 19.7. The molecule has 2 amide bonds. The van der Waals surface area contributed by atoms with Crippen LogP contribution in [0.1, 0.15) is 28.1 Å². The molecule has 1 unspecified atom stereocenters. The molecule has 1 aliphatic rings. The first-order chi connectivity index (χ1) is 13.0. The fraction of sp³-hybridized carbons (Fsp3) is 0.400. The summed E-state index contributed by atoms with van der Waals surface area (Å²) in [5.41, 5.74) is 2.39. The van der Waals surface area contributed by atoms with Gasteiger partial charge in [0, 0.05) is 43.3 Å². The van der Waals surface area contributed by atoms with E-state index in [9.17, 15) is 9.59 Å². The number of rotatable bonds is 7. The molecule has 1 atom stereocenters. The number of anilines is 1. The number of thiophene rings is 1. The summed E-state index contributed by atoms with van der Waals surface area (Å²) >= 11 is 7.52. The highest BCUT2D eigenvalue weighted by Crippen LogP contribution is 2.29. The van der Waals surface area contributed by atoms with Crippen molar-refractivity contribution in [2.24, 2.45) is 5.92 Å². The maximum Gasteiger partial charge on any atom is 0.261 e. The fourth-order valence-electron chi connectivity index (χ4n) is 3.27. The molecule has 0 radical (unpaired) electrons.